The fourth-order valence-electron chi connectivity index (χ4n) is 2.49. The molecule has 18 heavy (non-hydrogen) atoms. The van der Waals surface area contributed by atoms with E-state index in [2.05, 4.69) is 9.88 Å². The molecule has 5 heteroatoms. The van der Waals surface area contributed by atoms with E-state index >= 15 is 0 Å². The number of alkyl halides is 3. The molecule has 1 heterocycles. The molecule has 0 spiro atoms. The van der Waals surface area contributed by atoms with E-state index in [0.29, 0.717) is 6.54 Å². The minimum Gasteiger partial charge on any atom is -0.349 e. The van der Waals surface area contributed by atoms with Crippen LogP contribution in [0.3, 0.4) is 0 Å². The highest BCUT2D eigenvalue weighted by atomic mass is 19.4. The van der Waals surface area contributed by atoms with Crippen molar-refractivity contribution in [2.24, 2.45) is 0 Å². The van der Waals surface area contributed by atoms with E-state index in [9.17, 15) is 13.2 Å². The minimum absolute atomic E-state index is 0.197. The number of rotatable bonds is 4. The molecule has 1 N–H and O–H groups in total. The van der Waals surface area contributed by atoms with Gasteiger partial charge in [0.05, 0.1) is 0 Å². The Morgan fingerprint density at radius 3 is 2.33 bits per heavy atom. The maximum absolute atomic E-state index is 12.8. The van der Waals surface area contributed by atoms with Crippen LogP contribution in [0.2, 0.25) is 0 Å². The van der Waals surface area contributed by atoms with Crippen molar-refractivity contribution in [3.8, 4) is 0 Å². The van der Waals surface area contributed by atoms with Crippen molar-refractivity contribution >= 4 is 0 Å². The predicted molar refractivity (Wildman–Crippen MR) is 64.4 cm³/mol. The van der Waals surface area contributed by atoms with Crippen LogP contribution in [0.1, 0.15) is 36.7 Å². The number of nitrogens with one attached hydrogen (secondary N) is 1. The van der Waals surface area contributed by atoms with Crippen molar-refractivity contribution in [3.63, 3.8) is 0 Å². The minimum atomic E-state index is -4.14. The highest BCUT2D eigenvalue weighted by molar-refractivity contribution is 5.27. The van der Waals surface area contributed by atoms with Gasteiger partial charge < -0.3 is 4.57 Å². The Hall–Kier alpha value is -0.970. The SMILES string of the molecule is CCn1c(C)cc(CNC2(C(F)(F)F)CC2)c1C. The number of aromatic nitrogens is 1. The van der Waals surface area contributed by atoms with Gasteiger partial charge in [0.25, 0.3) is 0 Å². The van der Waals surface area contributed by atoms with Crippen molar-refractivity contribution in [1.82, 2.24) is 9.88 Å². The Bertz CT molecular complexity index is 442. The van der Waals surface area contributed by atoms with Crippen molar-refractivity contribution < 1.29 is 13.2 Å². The van der Waals surface area contributed by atoms with Gasteiger partial charge in [0.1, 0.15) is 5.54 Å². The Balaban J connectivity index is 2.08. The summed E-state index contributed by atoms with van der Waals surface area (Å²) in [5, 5.41) is 2.69. The molecule has 0 unspecified atom stereocenters. The zero-order chi connectivity index (χ0) is 13.6. The summed E-state index contributed by atoms with van der Waals surface area (Å²) in [5.41, 5.74) is 1.50. The van der Waals surface area contributed by atoms with E-state index in [1.807, 2.05) is 26.8 Å². The molecule has 0 amide bonds. The third kappa shape index (κ3) is 2.16. The summed E-state index contributed by atoms with van der Waals surface area (Å²) >= 11 is 0. The summed E-state index contributed by atoms with van der Waals surface area (Å²) in [7, 11) is 0. The third-order valence-electron chi connectivity index (χ3n) is 3.90. The molecule has 0 radical (unpaired) electrons. The second kappa shape index (κ2) is 4.30. The molecule has 1 saturated carbocycles. The topological polar surface area (TPSA) is 17.0 Å². The molecule has 102 valence electrons. The van der Waals surface area contributed by atoms with Crippen LogP contribution in [0, 0.1) is 13.8 Å². The molecule has 1 aliphatic carbocycles. The van der Waals surface area contributed by atoms with Crippen molar-refractivity contribution in [2.75, 3.05) is 0 Å². The molecule has 0 aromatic carbocycles. The van der Waals surface area contributed by atoms with Crippen LogP contribution in [0.5, 0.6) is 0 Å². The molecule has 1 aromatic rings. The summed E-state index contributed by atoms with van der Waals surface area (Å²) in [6.07, 6.45) is -3.74. The molecule has 0 atom stereocenters. The van der Waals surface area contributed by atoms with E-state index in [4.69, 9.17) is 0 Å². The van der Waals surface area contributed by atoms with Crippen LogP contribution in [-0.2, 0) is 13.1 Å². The zero-order valence-electron chi connectivity index (χ0n) is 11.0. The van der Waals surface area contributed by atoms with E-state index in [-0.39, 0.29) is 12.8 Å². The number of hydrogen-bond acceptors (Lipinski definition) is 1. The van der Waals surface area contributed by atoms with Gasteiger partial charge in [-0.2, -0.15) is 13.2 Å². The lowest BCUT2D eigenvalue weighted by Gasteiger charge is -2.20. The van der Waals surface area contributed by atoms with Crippen molar-refractivity contribution in [1.29, 1.82) is 0 Å². The quantitative estimate of drug-likeness (QED) is 0.878. The van der Waals surface area contributed by atoms with Crippen LogP contribution in [0.25, 0.3) is 0 Å². The summed E-state index contributed by atoms with van der Waals surface area (Å²) < 4.78 is 40.5. The molecule has 1 aliphatic rings. The van der Waals surface area contributed by atoms with E-state index < -0.39 is 11.7 Å². The Kier molecular flexibility index (Phi) is 3.21. The Labute approximate surface area is 105 Å². The van der Waals surface area contributed by atoms with Crippen LogP contribution >= 0.6 is 0 Å². The first kappa shape index (κ1) is 13.5. The molecule has 0 saturated heterocycles. The van der Waals surface area contributed by atoms with Gasteiger partial charge in [0, 0.05) is 24.5 Å². The van der Waals surface area contributed by atoms with Crippen molar-refractivity contribution in [3.05, 3.63) is 23.0 Å². The maximum Gasteiger partial charge on any atom is 0.406 e. The van der Waals surface area contributed by atoms with E-state index in [1.165, 1.54) is 0 Å². The van der Waals surface area contributed by atoms with Gasteiger partial charge in [-0.3, -0.25) is 5.32 Å². The normalized spacial score (nSPS) is 18.1. The fraction of sp³-hybridized carbons (Fsp3) is 0.692. The monoisotopic (exact) mass is 260 g/mol. The number of hydrogen-bond donors (Lipinski definition) is 1. The maximum atomic E-state index is 12.8. The first-order chi connectivity index (χ1) is 8.31. The van der Waals surface area contributed by atoms with Crippen LogP contribution in [-0.4, -0.2) is 16.3 Å². The summed E-state index contributed by atoms with van der Waals surface area (Å²) in [6, 6.07) is 1.97. The van der Waals surface area contributed by atoms with E-state index in [1.54, 1.807) is 0 Å². The van der Waals surface area contributed by atoms with Crippen molar-refractivity contribution in [2.45, 2.75) is 58.4 Å². The molecular weight excluding hydrogens is 241 g/mol. The predicted octanol–water partition coefficient (Wildman–Crippen LogP) is 3.31. The summed E-state index contributed by atoms with van der Waals surface area (Å²) in [6.45, 7) is 7.12. The standard InChI is InChI=1S/C13H19F3N2/c1-4-18-9(2)7-11(10(18)3)8-17-12(5-6-12)13(14,15)16/h7,17H,4-6,8H2,1-3H3. The molecule has 2 rings (SSSR count). The van der Waals surface area contributed by atoms with Gasteiger partial charge in [0.2, 0.25) is 0 Å². The average Bonchev–Trinajstić information content (AvgIpc) is 3.00. The molecule has 2 nitrogen and oxygen atoms in total. The number of halogens is 3. The van der Waals surface area contributed by atoms with Gasteiger partial charge in [-0.1, -0.05) is 0 Å². The summed E-state index contributed by atoms with van der Waals surface area (Å²) in [5.74, 6) is 0. The number of nitrogens with zero attached hydrogens (tertiary/aromatic N) is 1. The average molecular weight is 260 g/mol. The lowest BCUT2D eigenvalue weighted by Crippen LogP contribution is -2.44. The Morgan fingerprint density at radius 1 is 1.33 bits per heavy atom. The molecule has 1 aromatic heterocycles. The van der Waals surface area contributed by atoms with E-state index in [0.717, 1.165) is 23.5 Å². The Morgan fingerprint density at radius 2 is 1.94 bits per heavy atom. The summed E-state index contributed by atoms with van der Waals surface area (Å²) in [4.78, 5) is 0. The fourth-order valence-corrected chi connectivity index (χ4v) is 2.49. The molecular formula is C13H19F3N2. The van der Waals surface area contributed by atoms with Gasteiger partial charge in [-0.25, -0.2) is 0 Å². The lowest BCUT2D eigenvalue weighted by atomic mass is 10.2. The smallest absolute Gasteiger partial charge is 0.349 e. The van der Waals surface area contributed by atoms with Crippen LogP contribution < -0.4 is 5.32 Å². The second-order valence-electron chi connectivity index (χ2n) is 5.07. The first-order valence-corrected chi connectivity index (χ1v) is 6.28. The zero-order valence-corrected chi connectivity index (χ0v) is 11.0. The van der Waals surface area contributed by atoms with Crippen LogP contribution in [0.4, 0.5) is 13.2 Å². The van der Waals surface area contributed by atoms with Gasteiger partial charge in [-0.05, 0) is 45.2 Å². The second-order valence-corrected chi connectivity index (χ2v) is 5.07. The highest BCUT2D eigenvalue weighted by Gasteiger charge is 2.62. The molecule has 0 bridgehead atoms. The molecule has 1 fully saturated rings. The number of aryl methyl sites for hydroxylation is 1. The lowest BCUT2D eigenvalue weighted by molar-refractivity contribution is -0.166. The highest BCUT2D eigenvalue weighted by Crippen LogP contribution is 2.49. The van der Waals surface area contributed by atoms with Gasteiger partial charge in [-0.15, -0.1) is 0 Å². The van der Waals surface area contributed by atoms with Gasteiger partial charge in [0.15, 0.2) is 0 Å². The first-order valence-electron chi connectivity index (χ1n) is 6.28. The largest absolute Gasteiger partial charge is 0.406 e. The third-order valence-corrected chi connectivity index (χ3v) is 3.90. The van der Waals surface area contributed by atoms with Gasteiger partial charge >= 0.3 is 6.18 Å². The van der Waals surface area contributed by atoms with Crippen LogP contribution in [0.15, 0.2) is 6.07 Å². The molecule has 0 aliphatic heterocycles.